The maximum atomic E-state index is 5.87. The largest absolute Gasteiger partial charge is 0.454 e. The second-order valence-corrected chi connectivity index (χ2v) is 4.55. The van der Waals surface area contributed by atoms with E-state index in [0.717, 1.165) is 30.2 Å². The fourth-order valence-electron chi connectivity index (χ4n) is 2.65. The van der Waals surface area contributed by atoms with Crippen LogP contribution in [0.3, 0.4) is 0 Å². The number of fused-ring (bicyclic) bond motifs is 1. The van der Waals surface area contributed by atoms with Crippen LogP contribution in [0.2, 0.25) is 0 Å². The van der Waals surface area contributed by atoms with Crippen LogP contribution in [0.25, 0.3) is 0 Å². The molecule has 0 aromatic heterocycles. The van der Waals surface area contributed by atoms with Crippen molar-refractivity contribution in [3.05, 3.63) is 17.7 Å². The molecule has 0 atom stereocenters. The standard InChI is InChI=1S/C13H18N2O2/c14-8-10-11(15-6-2-1-3-7-15)4-5-12-13(10)17-9-16-12/h4-5H,1-3,6-9,14H2. The molecular formula is C13H18N2O2. The zero-order valence-electron chi connectivity index (χ0n) is 9.95. The maximum absolute atomic E-state index is 5.87. The van der Waals surface area contributed by atoms with Gasteiger partial charge in [0.15, 0.2) is 11.5 Å². The van der Waals surface area contributed by atoms with Crippen molar-refractivity contribution in [3.8, 4) is 11.5 Å². The molecule has 4 nitrogen and oxygen atoms in total. The van der Waals surface area contributed by atoms with Gasteiger partial charge in [-0.3, -0.25) is 0 Å². The molecule has 0 aliphatic carbocycles. The zero-order valence-corrected chi connectivity index (χ0v) is 9.95. The van der Waals surface area contributed by atoms with Gasteiger partial charge in [-0.2, -0.15) is 0 Å². The molecule has 2 aliphatic rings. The second kappa shape index (κ2) is 4.45. The number of nitrogens with zero attached hydrogens (tertiary/aromatic N) is 1. The molecule has 2 aliphatic heterocycles. The predicted molar refractivity (Wildman–Crippen MR) is 66.5 cm³/mol. The average Bonchev–Trinajstić information content (AvgIpc) is 2.86. The van der Waals surface area contributed by atoms with Crippen LogP contribution in [0.15, 0.2) is 12.1 Å². The van der Waals surface area contributed by atoms with Gasteiger partial charge in [-0.05, 0) is 31.4 Å². The lowest BCUT2D eigenvalue weighted by atomic mass is 10.1. The number of hydrogen-bond acceptors (Lipinski definition) is 4. The van der Waals surface area contributed by atoms with E-state index in [4.69, 9.17) is 15.2 Å². The third-order valence-corrected chi connectivity index (χ3v) is 3.52. The van der Waals surface area contributed by atoms with Gasteiger partial charge >= 0.3 is 0 Å². The Balaban J connectivity index is 1.98. The SMILES string of the molecule is NCc1c(N2CCCCC2)ccc2c1OCO2. The van der Waals surface area contributed by atoms with E-state index in [0.29, 0.717) is 13.3 Å². The normalized spacial score (nSPS) is 18.5. The minimum atomic E-state index is 0.311. The first-order valence-electron chi connectivity index (χ1n) is 6.26. The van der Waals surface area contributed by atoms with Crippen molar-refractivity contribution in [2.75, 3.05) is 24.8 Å². The number of piperidine rings is 1. The topological polar surface area (TPSA) is 47.7 Å². The van der Waals surface area contributed by atoms with Crippen molar-refractivity contribution in [2.24, 2.45) is 5.73 Å². The van der Waals surface area contributed by atoms with Crippen molar-refractivity contribution in [2.45, 2.75) is 25.8 Å². The fourth-order valence-corrected chi connectivity index (χ4v) is 2.65. The number of anilines is 1. The van der Waals surface area contributed by atoms with E-state index in [1.165, 1.54) is 24.9 Å². The highest BCUT2D eigenvalue weighted by Gasteiger charge is 2.23. The van der Waals surface area contributed by atoms with Crippen LogP contribution >= 0.6 is 0 Å². The molecular weight excluding hydrogens is 216 g/mol. The highest BCUT2D eigenvalue weighted by Crippen LogP contribution is 2.41. The first kappa shape index (κ1) is 10.7. The Kier molecular flexibility index (Phi) is 2.81. The van der Waals surface area contributed by atoms with E-state index in [9.17, 15) is 0 Å². The van der Waals surface area contributed by atoms with Crippen LogP contribution in [0.5, 0.6) is 11.5 Å². The number of benzene rings is 1. The summed E-state index contributed by atoms with van der Waals surface area (Å²) in [6.07, 6.45) is 3.86. The van der Waals surface area contributed by atoms with E-state index in [1.807, 2.05) is 6.07 Å². The molecule has 0 unspecified atom stereocenters. The van der Waals surface area contributed by atoms with Gasteiger partial charge in [-0.25, -0.2) is 0 Å². The predicted octanol–water partition coefficient (Wildman–Crippen LogP) is 1.86. The first-order valence-corrected chi connectivity index (χ1v) is 6.26. The number of rotatable bonds is 2. The zero-order chi connectivity index (χ0) is 11.7. The Bertz CT molecular complexity index is 414. The van der Waals surface area contributed by atoms with Gasteiger partial charge in [0.25, 0.3) is 0 Å². The van der Waals surface area contributed by atoms with E-state index in [1.54, 1.807) is 0 Å². The smallest absolute Gasteiger partial charge is 0.231 e. The Morgan fingerprint density at radius 3 is 2.71 bits per heavy atom. The highest BCUT2D eigenvalue weighted by atomic mass is 16.7. The van der Waals surface area contributed by atoms with Crippen LogP contribution in [-0.4, -0.2) is 19.9 Å². The van der Waals surface area contributed by atoms with Crippen LogP contribution in [0.1, 0.15) is 24.8 Å². The van der Waals surface area contributed by atoms with Gasteiger partial charge in [-0.15, -0.1) is 0 Å². The summed E-state index contributed by atoms with van der Waals surface area (Å²) in [5.74, 6) is 1.67. The van der Waals surface area contributed by atoms with Gasteiger partial charge in [0.2, 0.25) is 6.79 Å². The summed E-state index contributed by atoms with van der Waals surface area (Å²) < 4.78 is 10.9. The quantitative estimate of drug-likeness (QED) is 0.848. The maximum Gasteiger partial charge on any atom is 0.231 e. The molecule has 1 saturated heterocycles. The molecule has 2 heterocycles. The van der Waals surface area contributed by atoms with Crippen LogP contribution in [0, 0.1) is 0 Å². The molecule has 0 spiro atoms. The Morgan fingerprint density at radius 2 is 1.94 bits per heavy atom. The molecule has 0 bridgehead atoms. The highest BCUT2D eigenvalue weighted by molar-refractivity contribution is 5.65. The molecule has 0 saturated carbocycles. The monoisotopic (exact) mass is 234 g/mol. The van der Waals surface area contributed by atoms with E-state index in [2.05, 4.69) is 11.0 Å². The van der Waals surface area contributed by atoms with Crippen LogP contribution < -0.4 is 20.1 Å². The number of nitrogens with two attached hydrogens (primary N) is 1. The van der Waals surface area contributed by atoms with Crippen molar-refractivity contribution in [1.82, 2.24) is 0 Å². The van der Waals surface area contributed by atoms with Gasteiger partial charge in [0.1, 0.15) is 0 Å². The summed E-state index contributed by atoms with van der Waals surface area (Å²) in [6, 6.07) is 4.10. The molecule has 0 amide bonds. The van der Waals surface area contributed by atoms with Crippen molar-refractivity contribution >= 4 is 5.69 Å². The summed E-state index contributed by atoms with van der Waals surface area (Å²) in [5.41, 5.74) is 8.17. The first-order chi connectivity index (χ1) is 8.40. The lowest BCUT2D eigenvalue weighted by molar-refractivity contribution is 0.173. The summed E-state index contributed by atoms with van der Waals surface area (Å²) >= 11 is 0. The lowest BCUT2D eigenvalue weighted by Crippen LogP contribution is -2.30. The average molecular weight is 234 g/mol. The van der Waals surface area contributed by atoms with Gasteiger partial charge in [0.05, 0.1) is 0 Å². The van der Waals surface area contributed by atoms with Gasteiger partial charge < -0.3 is 20.1 Å². The Labute approximate surface area is 101 Å². The molecule has 92 valence electrons. The van der Waals surface area contributed by atoms with E-state index >= 15 is 0 Å². The minimum Gasteiger partial charge on any atom is -0.454 e. The molecule has 1 fully saturated rings. The Morgan fingerprint density at radius 1 is 1.12 bits per heavy atom. The molecule has 17 heavy (non-hydrogen) atoms. The second-order valence-electron chi connectivity index (χ2n) is 4.55. The van der Waals surface area contributed by atoms with Gasteiger partial charge in [0, 0.05) is 30.9 Å². The number of hydrogen-bond donors (Lipinski definition) is 1. The lowest BCUT2D eigenvalue weighted by Gasteiger charge is -2.30. The van der Waals surface area contributed by atoms with Gasteiger partial charge in [-0.1, -0.05) is 0 Å². The van der Waals surface area contributed by atoms with Crippen LogP contribution in [0.4, 0.5) is 5.69 Å². The summed E-state index contributed by atoms with van der Waals surface area (Å²) in [7, 11) is 0. The van der Waals surface area contributed by atoms with Crippen molar-refractivity contribution in [1.29, 1.82) is 0 Å². The third-order valence-electron chi connectivity index (χ3n) is 3.52. The molecule has 3 rings (SSSR count). The number of ether oxygens (including phenoxy) is 2. The van der Waals surface area contributed by atoms with E-state index in [-0.39, 0.29) is 0 Å². The summed E-state index contributed by atoms with van der Waals surface area (Å²) in [6.45, 7) is 3.05. The molecule has 2 N–H and O–H groups in total. The fraction of sp³-hybridized carbons (Fsp3) is 0.538. The molecule has 0 radical (unpaired) electrons. The van der Waals surface area contributed by atoms with Crippen LogP contribution in [-0.2, 0) is 6.54 Å². The summed E-state index contributed by atoms with van der Waals surface area (Å²) in [5, 5.41) is 0. The molecule has 4 heteroatoms. The molecule has 1 aromatic rings. The van der Waals surface area contributed by atoms with Crippen molar-refractivity contribution in [3.63, 3.8) is 0 Å². The third kappa shape index (κ3) is 1.82. The van der Waals surface area contributed by atoms with E-state index < -0.39 is 0 Å². The summed E-state index contributed by atoms with van der Waals surface area (Å²) in [4.78, 5) is 2.41. The Hall–Kier alpha value is -1.42. The molecule has 1 aromatic carbocycles. The van der Waals surface area contributed by atoms with Crippen molar-refractivity contribution < 1.29 is 9.47 Å². The minimum absolute atomic E-state index is 0.311.